The van der Waals surface area contributed by atoms with Crippen molar-refractivity contribution in [2.45, 2.75) is 125 Å². The maximum atomic E-state index is 13.4. The normalized spacial score (nSPS) is 43.6. The number of carboxylic acids is 1. The number of hydrogen-bond donors (Lipinski definition) is 2. The zero-order valence-electron chi connectivity index (χ0n) is 31.5. The smallest absolute Gasteiger partial charge is 0.307 e. The number of anilines is 1. The van der Waals surface area contributed by atoms with Crippen LogP contribution in [0.25, 0.3) is 0 Å². The summed E-state index contributed by atoms with van der Waals surface area (Å²) < 4.78 is 13.8. The first-order chi connectivity index (χ1) is 22.5. The van der Waals surface area contributed by atoms with Crippen LogP contribution in [0, 0.1) is 56.7 Å². The van der Waals surface area contributed by atoms with Crippen molar-refractivity contribution in [3.8, 4) is 0 Å². The predicted octanol–water partition coefficient (Wildman–Crippen LogP) is 6.50. The van der Waals surface area contributed by atoms with Gasteiger partial charge < -0.3 is 25.2 Å². The molecule has 0 spiro atoms. The maximum absolute atomic E-state index is 13.4. The van der Waals surface area contributed by atoms with Crippen molar-refractivity contribution in [3.05, 3.63) is 11.6 Å². The Morgan fingerprint density at radius 3 is 2.48 bits per heavy atom. The summed E-state index contributed by atoms with van der Waals surface area (Å²) in [6.07, 6.45) is 10.2. The van der Waals surface area contributed by atoms with Gasteiger partial charge in [-0.25, -0.2) is 0 Å². The number of allylic oxidation sites excluding steroid dienone is 1. The van der Waals surface area contributed by atoms with E-state index in [2.05, 4.69) is 95.9 Å². The van der Waals surface area contributed by atoms with E-state index in [0.717, 1.165) is 51.4 Å². The Morgan fingerprint density at radius 1 is 1.15 bits per heavy atom. The molecule has 10 heteroatoms. The van der Waals surface area contributed by atoms with Crippen molar-refractivity contribution < 1.29 is 19.4 Å². The number of fused-ring (bicyclic) bond motifs is 3. The van der Waals surface area contributed by atoms with Gasteiger partial charge >= 0.3 is 5.97 Å². The first kappa shape index (κ1) is 35.8. The van der Waals surface area contributed by atoms with Crippen LogP contribution in [0.3, 0.4) is 0 Å². The molecule has 48 heavy (non-hydrogen) atoms. The highest BCUT2D eigenvalue weighted by atomic mass is 16.5. The second-order valence-corrected chi connectivity index (χ2v) is 18.2. The van der Waals surface area contributed by atoms with Crippen LogP contribution in [0.2, 0.25) is 0 Å². The predicted molar refractivity (Wildman–Crippen MR) is 187 cm³/mol. The lowest BCUT2D eigenvalue weighted by molar-refractivity contribution is -0.253. The zero-order chi connectivity index (χ0) is 35.0. The van der Waals surface area contributed by atoms with Crippen LogP contribution < -0.4 is 5.73 Å². The Bertz CT molecular complexity index is 1400. The number of carbonyl (C=O) groups is 1. The average molecular weight is 669 g/mol. The number of ether oxygens (including phenoxy) is 2. The lowest BCUT2D eigenvalue weighted by Gasteiger charge is -2.71. The van der Waals surface area contributed by atoms with Crippen LogP contribution >= 0.6 is 0 Å². The van der Waals surface area contributed by atoms with E-state index in [-0.39, 0.29) is 45.2 Å². The minimum atomic E-state index is -0.623. The molecular weight excluding hydrogens is 604 g/mol. The third kappa shape index (κ3) is 5.03. The molecule has 3 N–H and O–H groups in total. The Labute approximate surface area is 288 Å². The van der Waals surface area contributed by atoms with E-state index in [1.165, 1.54) is 5.57 Å². The molecule has 1 saturated heterocycles. The summed E-state index contributed by atoms with van der Waals surface area (Å²) >= 11 is 0. The minimum absolute atomic E-state index is 0.137. The van der Waals surface area contributed by atoms with Crippen LogP contribution in [0.4, 0.5) is 5.95 Å². The van der Waals surface area contributed by atoms with E-state index >= 15 is 0 Å². The molecule has 0 radical (unpaired) electrons. The third-order valence-electron chi connectivity index (χ3n) is 15.7. The molecule has 1 aliphatic heterocycles. The first-order valence-electron chi connectivity index (χ1n) is 18.8. The summed E-state index contributed by atoms with van der Waals surface area (Å²) in [7, 11) is 4.27. The van der Waals surface area contributed by atoms with Gasteiger partial charge in [0, 0.05) is 16.9 Å². The minimum Gasteiger partial charge on any atom is -0.481 e. The van der Waals surface area contributed by atoms with Crippen molar-refractivity contribution in [1.29, 1.82) is 0 Å². The molecule has 0 amide bonds. The molecule has 4 aliphatic carbocycles. The Hall–Kier alpha value is -2.04. The average Bonchev–Trinajstić information content (AvgIpc) is 3.45. The number of rotatable bonds is 10. The first-order valence-corrected chi connectivity index (χ1v) is 18.8. The van der Waals surface area contributed by atoms with Gasteiger partial charge in [0.1, 0.15) is 6.04 Å². The fraction of sp³-hybridized carbons (Fsp3) is 0.895. The van der Waals surface area contributed by atoms with Gasteiger partial charge in [-0.1, -0.05) is 78.6 Å². The number of nitrogens with zero attached hydrogens (tertiary/aromatic N) is 5. The zero-order valence-corrected chi connectivity index (χ0v) is 31.5. The lowest BCUT2D eigenvalue weighted by atomic mass is 9.34. The quantitative estimate of drug-likeness (QED) is 0.269. The topological polar surface area (TPSA) is 129 Å². The van der Waals surface area contributed by atoms with E-state index in [1.807, 2.05) is 0 Å². The summed E-state index contributed by atoms with van der Waals surface area (Å²) in [4.78, 5) is 17.5. The molecule has 2 bridgehead atoms. The van der Waals surface area contributed by atoms with Gasteiger partial charge in [-0.3, -0.25) is 4.79 Å². The molecule has 6 rings (SSSR count). The molecule has 0 unspecified atom stereocenters. The molecule has 3 saturated carbocycles. The molecule has 270 valence electrons. The monoisotopic (exact) mass is 668 g/mol. The van der Waals surface area contributed by atoms with E-state index in [4.69, 9.17) is 15.2 Å². The highest BCUT2D eigenvalue weighted by molar-refractivity contribution is 5.73. The summed E-state index contributed by atoms with van der Waals surface area (Å²) in [5.41, 5.74) is 6.37. The second-order valence-electron chi connectivity index (χ2n) is 18.2. The summed E-state index contributed by atoms with van der Waals surface area (Å²) in [5.74, 6) is 0.569. The number of carboxylic acid groups (broad SMARTS) is 1. The van der Waals surface area contributed by atoms with E-state index in [1.54, 1.807) is 4.80 Å². The number of aliphatic carboxylic acids is 1. The molecule has 0 aromatic carbocycles. The SMILES string of the molecule is CCC[C@H](CO[C@H]1[C@H](n2nnc(N)n2)C[C@@]23COC[C@]1(C)[C@@H]2CC[C@H]1C3=CC[C@@]2(C)[C@H](C(=O)O)[C@@](C)([C@H](C)C(C)C)CC[C@]12C)N(C)C. The molecule has 1 aromatic rings. The number of hydrogen-bond acceptors (Lipinski definition) is 8. The van der Waals surface area contributed by atoms with Crippen LogP contribution in [-0.4, -0.2) is 82.2 Å². The molecule has 10 nitrogen and oxygen atoms in total. The molecule has 5 aliphatic rings. The van der Waals surface area contributed by atoms with Crippen LogP contribution in [0.15, 0.2) is 11.6 Å². The molecule has 1 aromatic heterocycles. The largest absolute Gasteiger partial charge is 0.481 e. The Balaban J connectivity index is 1.43. The van der Waals surface area contributed by atoms with Gasteiger partial charge in [-0.2, -0.15) is 4.80 Å². The van der Waals surface area contributed by atoms with Crippen molar-refractivity contribution in [2.24, 2.45) is 56.7 Å². The number of tetrazole rings is 1. The van der Waals surface area contributed by atoms with Crippen molar-refractivity contribution >= 4 is 11.9 Å². The molecule has 12 atom stereocenters. The highest BCUT2D eigenvalue weighted by Crippen LogP contribution is 2.75. The van der Waals surface area contributed by atoms with Gasteiger partial charge in [-0.05, 0) is 104 Å². The van der Waals surface area contributed by atoms with Gasteiger partial charge in [0.2, 0.25) is 0 Å². The van der Waals surface area contributed by atoms with Crippen molar-refractivity contribution in [1.82, 2.24) is 25.1 Å². The number of likely N-dealkylation sites (N-methyl/N-ethyl adjacent to an activating group) is 1. The van der Waals surface area contributed by atoms with E-state index in [0.29, 0.717) is 49.5 Å². The Morgan fingerprint density at radius 2 is 1.88 bits per heavy atom. The number of nitrogens with two attached hydrogens (primary N) is 1. The second kappa shape index (κ2) is 12.3. The van der Waals surface area contributed by atoms with Crippen LogP contribution in [0.1, 0.15) is 113 Å². The van der Waals surface area contributed by atoms with E-state index in [9.17, 15) is 9.90 Å². The fourth-order valence-electron chi connectivity index (χ4n) is 12.5. The lowest BCUT2D eigenvalue weighted by Crippen LogP contribution is -2.69. The molecular formula is C38H64N6O4. The standard InChI is InChI=1S/C38H64N6O4/c1-11-12-25(43(9)10)20-48-31-28(44-41-33(39)40-42-44)19-38-22-47-21-35(31,6)29(38)14-13-26-27(38)15-16-37(8)30(32(45)46)34(5,24(4)23(2)3)17-18-36(26,37)7/h15,23-26,28-31H,11-14,16-22H2,1-10H3,(H2,39,41)(H,45,46)/t24-,25-,26+,28-,29+,30-,31+,34-,35-,36-,37+,38+/m1/s1. The van der Waals surface area contributed by atoms with Crippen LogP contribution in [-0.2, 0) is 14.3 Å². The van der Waals surface area contributed by atoms with Crippen molar-refractivity contribution in [2.75, 3.05) is 39.6 Å². The Kier molecular flexibility index (Phi) is 9.19. The van der Waals surface area contributed by atoms with Gasteiger partial charge in [-0.15, -0.1) is 5.10 Å². The van der Waals surface area contributed by atoms with Crippen molar-refractivity contribution in [3.63, 3.8) is 0 Å². The van der Waals surface area contributed by atoms with Gasteiger partial charge in [0.05, 0.1) is 31.8 Å². The fourth-order valence-corrected chi connectivity index (χ4v) is 12.5. The number of aromatic nitrogens is 4. The highest BCUT2D eigenvalue weighted by Gasteiger charge is 2.72. The maximum Gasteiger partial charge on any atom is 0.307 e. The summed E-state index contributed by atoms with van der Waals surface area (Å²) in [6, 6.07) is 0.176. The van der Waals surface area contributed by atoms with E-state index < -0.39 is 11.9 Å². The summed E-state index contributed by atoms with van der Waals surface area (Å²) in [5, 5.41) is 24.2. The molecule has 4 fully saturated rings. The third-order valence-corrected chi connectivity index (χ3v) is 15.7. The number of nitrogen functional groups attached to an aromatic ring is 1. The van der Waals surface area contributed by atoms with Gasteiger partial charge in [0.25, 0.3) is 5.95 Å². The molecule has 2 heterocycles. The van der Waals surface area contributed by atoms with Crippen LogP contribution in [0.5, 0.6) is 0 Å². The summed E-state index contributed by atoms with van der Waals surface area (Å²) in [6.45, 7) is 20.4. The van der Waals surface area contributed by atoms with Gasteiger partial charge in [0.15, 0.2) is 0 Å².